The largest absolute Gasteiger partial charge is 0.394 e. The lowest BCUT2D eigenvalue weighted by atomic mass is 10.0. The Labute approximate surface area is 206 Å². The van der Waals surface area contributed by atoms with E-state index in [2.05, 4.69) is 94.3 Å². The molecule has 2 aromatic carbocycles. The summed E-state index contributed by atoms with van der Waals surface area (Å²) in [7, 11) is 0. The van der Waals surface area contributed by atoms with Crippen LogP contribution in [0.15, 0.2) is 66.2 Å². The Kier molecular flexibility index (Phi) is 14.9. The number of allylic oxidation sites excluding steroid dienone is 1. The van der Waals surface area contributed by atoms with Gasteiger partial charge in [-0.2, -0.15) is 0 Å². The zero-order valence-corrected chi connectivity index (χ0v) is 22.3. The van der Waals surface area contributed by atoms with Crippen molar-refractivity contribution in [3.63, 3.8) is 0 Å². The Morgan fingerprint density at radius 2 is 1.58 bits per heavy atom. The summed E-state index contributed by atoms with van der Waals surface area (Å²) in [6.45, 7) is 20.6. The number of nitrogens with two attached hydrogens (primary N) is 1. The van der Waals surface area contributed by atoms with Crippen LogP contribution in [0.2, 0.25) is 0 Å². The molecule has 0 fully saturated rings. The molecule has 0 saturated heterocycles. The summed E-state index contributed by atoms with van der Waals surface area (Å²) in [5.41, 5.74) is 12.0. The summed E-state index contributed by atoms with van der Waals surface area (Å²) in [4.78, 5) is 12.4. The molecular weight excluding hydrogens is 428 g/mol. The normalized spacial score (nSPS) is 11.9. The standard InChI is InChI=1S/C18H28N2O2S.C8H10.C2H4/c1-11(2)22-13(4)8-15-7-6-12(3)16(9-15)10-20-18(21)17(19)14(5)23;1-7-5-3-4-6-8(7)2;1-2/h6-7,9,11,13,23H,8,10,19H2,1-5H3,(H,20,21);3-6H,1-2H3;1-2H2/b17-14-;;. The highest BCUT2D eigenvalue weighted by atomic mass is 32.1. The quantitative estimate of drug-likeness (QED) is 0.257. The lowest BCUT2D eigenvalue weighted by Crippen LogP contribution is -2.29. The summed E-state index contributed by atoms with van der Waals surface area (Å²) in [5, 5.41) is 2.83. The van der Waals surface area contributed by atoms with Gasteiger partial charge in [-0.3, -0.25) is 4.79 Å². The molecule has 182 valence electrons. The third kappa shape index (κ3) is 12.4. The second kappa shape index (κ2) is 16.2. The highest BCUT2D eigenvalue weighted by molar-refractivity contribution is 7.84. The van der Waals surface area contributed by atoms with Gasteiger partial charge in [-0.25, -0.2) is 0 Å². The number of hydrogen-bond acceptors (Lipinski definition) is 4. The van der Waals surface area contributed by atoms with E-state index in [4.69, 9.17) is 10.5 Å². The molecule has 0 heterocycles. The summed E-state index contributed by atoms with van der Waals surface area (Å²) in [5.74, 6) is -0.293. The van der Waals surface area contributed by atoms with Gasteiger partial charge in [-0.1, -0.05) is 42.5 Å². The van der Waals surface area contributed by atoms with Crippen LogP contribution < -0.4 is 11.1 Å². The van der Waals surface area contributed by atoms with Gasteiger partial charge in [0.1, 0.15) is 5.70 Å². The Morgan fingerprint density at radius 1 is 1.03 bits per heavy atom. The number of hydrogen-bond donors (Lipinski definition) is 3. The van der Waals surface area contributed by atoms with Gasteiger partial charge < -0.3 is 15.8 Å². The highest BCUT2D eigenvalue weighted by Crippen LogP contribution is 2.15. The zero-order valence-electron chi connectivity index (χ0n) is 21.4. The molecule has 1 unspecified atom stereocenters. The molecule has 1 atom stereocenters. The van der Waals surface area contributed by atoms with Gasteiger partial charge in [-0.05, 0) is 82.7 Å². The number of aryl methyl sites for hydroxylation is 3. The molecule has 2 rings (SSSR count). The molecular formula is C28H42N2O2S. The van der Waals surface area contributed by atoms with Gasteiger partial charge in [0.25, 0.3) is 5.91 Å². The average Bonchev–Trinajstić information content (AvgIpc) is 2.76. The molecule has 5 heteroatoms. The molecule has 1 amide bonds. The molecule has 0 saturated carbocycles. The number of rotatable bonds is 7. The highest BCUT2D eigenvalue weighted by Gasteiger charge is 2.10. The van der Waals surface area contributed by atoms with Crippen LogP contribution >= 0.6 is 12.6 Å². The summed E-state index contributed by atoms with van der Waals surface area (Å²) in [6.07, 6.45) is 1.22. The zero-order chi connectivity index (χ0) is 25.6. The van der Waals surface area contributed by atoms with Crippen LogP contribution in [0.1, 0.15) is 55.5 Å². The van der Waals surface area contributed by atoms with Crippen molar-refractivity contribution in [2.45, 2.75) is 73.6 Å². The van der Waals surface area contributed by atoms with Crippen LogP contribution in [-0.2, 0) is 22.5 Å². The van der Waals surface area contributed by atoms with Crippen molar-refractivity contribution in [3.05, 3.63) is 94.0 Å². The van der Waals surface area contributed by atoms with Gasteiger partial charge in [0, 0.05) is 11.4 Å². The number of ether oxygens (including phenoxy) is 1. The molecule has 3 N–H and O–H groups in total. The second-order valence-corrected chi connectivity index (χ2v) is 8.90. The molecule has 0 radical (unpaired) electrons. The monoisotopic (exact) mass is 470 g/mol. The molecule has 2 aromatic rings. The molecule has 0 spiro atoms. The van der Waals surface area contributed by atoms with Crippen molar-refractivity contribution in [2.24, 2.45) is 5.73 Å². The van der Waals surface area contributed by atoms with E-state index >= 15 is 0 Å². The maximum atomic E-state index is 11.9. The molecule has 0 aliphatic carbocycles. The van der Waals surface area contributed by atoms with Crippen molar-refractivity contribution in [1.29, 1.82) is 0 Å². The smallest absolute Gasteiger partial charge is 0.268 e. The maximum Gasteiger partial charge on any atom is 0.268 e. The Bertz CT molecular complexity index is 882. The van der Waals surface area contributed by atoms with Gasteiger partial charge in [0.2, 0.25) is 0 Å². The third-order valence-electron chi connectivity index (χ3n) is 4.94. The minimum absolute atomic E-state index is 0.154. The van der Waals surface area contributed by atoms with E-state index in [1.54, 1.807) is 6.92 Å². The van der Waals surface area contributed by atoms with Gasteiger partial charge in [-0.15, -0.1) is 25.8 Å². The summed E-state index contributed by atoms with van der Waals surface area (Å²) >= 11 is 4.09. The van der Waals surface area contributed by atoms with Crippen molar-refractivity contribution in [2.75, 3.05) is 0 Å². The number of amides is 1. The molecule has 4 nitrogen and oxygen atoms in total. The topological polar surface area (TPSA) is 64.4 Å². The number of nitrogens with one attached hydrogen (secondary N) is 1. The fourth-order valence-corrected chi connectivity index (χ4v) is 3.09. The van der Waals surface area contributed by atoms with Gasteiger partial charge in [0.05, 0.1) is 12.2 Å². The minimum atomic E-state index is -0.293. The molecule has 0 aromatic heterocycles. The SMILES string of the molecule is C/C(S)=C(/N)C(=O)NCc1cc(CC(C)OC(C)C)ccc1C.C=C.Cc1ccccc1C. The number of benzene rings is 2. The maximum absolute atomic E-state index is 11.9. The third-order valence-corrected chi connectivity index (χ3v) is 5.18. The van der Waals surface area contributed by atoms with E-state index in [0.717, 1.165) is 17.5 Å². The fourth-order valence-electron chi connectivity index (χ4n) is 2.98. The lowest BCUT2D eigenvalue weighted by Gasteiger charge is -2.17. The summed E-state index contributed by atoms with van der Waals surface area (Å²) < 4.78 is 5.78. The Balaban J connectivity index is 0.000000849. The number of carbonyl (C=O) groups is 1. The van der Waals surface area contributed by atoms with E-state index in [1.165, 1.54) is 16.7 Å². The van der Waals surface area contributed by atoms with E-state index in [0.29, 0.717) is 11.4 Å². The van der Waals surface area contributed by atoms with E-state index in [-0.39, 0.29) is 23.8 Å². The predicted molar refractivity (Wildman–Crippen MR) is 145 cm³/mol. The lowest BCUT2D eigenvalue weighted by molar-refractivity contribution is -0.117. The molecule has 0 aliphatic rings. The van der Waals surface area contributed by atoms with E-state index in [9.17, 15) is 4.79 Å². The summed E-state index contributed by atoms with van der Waals surface area (Å²) in [6, 6.07) is 14.6. The fraction of sp³-hybridized carbons (Fsp3) is 0.393. The van der Waals surface area contributed by atoms with Crippen molar-refractivity contribution in [1.82, 2.24) is 5.32 Å². The molecule has 33 heavy (non-hydrogen) atoms. The Morgan fingerprint density at radius 3 is 2.03 bits per heavy atom. The Hall–Kier alpha value is -2.50. The van der Waals surface area contributed by atoms with E-state index in [1.807, 2.05) is 20.8 Å². The first-order valence-electron chi connectivity index (χ1n) is 11.2. The van der Waals surface area contributed by atoms with Crippen LogP contribution in [0, 0.1) is 20.8 Å². The predicted octanol–water partition coefficient (Wildman–Crippen LogP) is 6.19. The van der Waals surface area contributed by atoms with Crippen LogP contribution in [-0.4, -0.2) is 18.1 Å². The second-order valence-electron chi connectivity index (χ2n) is 8.23. The van der Waals surface area contributed by atoms with Crippen LogP contribution in [0.25, 0.3) is 0 Å². The average molecular weight is 471 g/mol. The molecule has 0 bridgehead atoms. The first-order valence-corrected chi connectivity index (χ1v) is 11.7. The number of thiol groups is 1. The van der Waals surface area contributed by atoms with Gasteiger partial charge >= 0.3 is 0 Å². The van der Waals surface area contributed by atoms with Crippen molar-refractivity contribution < 1.29 is 9.53 Å². The minimum Gasteiger partial charge on any atom is -0.394 e. The first kappa shape index (κ1) is 30.5. The van der Waals surface area contributed by atoms with Crippen molar-refractivity contribution >= 4 is 18.5 Å². The van der Waals surface area contributed by atoms with E-state index < -0.39 is 0 Å². The van der Waals surface area contributed by atoms with Crippen LogP contribution in [0.5, 0.6) is 0 Å². The van der Waals surface area contributed by atoms with Crippen molar-refractivity contribution in [3.8, 4) is 0 Å². The van der Waals surface area contributed by atoms with Gasteiger partial charge in [0.15, 0.2) is 0 Å². The van der Waals surface area contributed by atoms with Crippen LogP contribution in [0.3, 0.4) is 0 Å². The first-order chi connectivity index (χ1) is 15.5. The molecule has 0 aliphatic heterocycles. The van der Waals surface area contributed by atoms with Crippen LogP contribution in [0.4, 0.5) is 0 Å². The number of carbonyl (C=O) groups excluding carboxylic acids is 1.